The lowest BCUT2D eigenvalue weighted by atomic mass is 10.0. The van der Waals surface area contributed by atoms with E-state index in [4.69, 9.17) is 9.47 Å². The van der Waals surface area contributed by atoms with E-state index < -0.39 is 145 Å². The lowest BCUT2D eigenvalue weighted by Gasteiger charge is -2.33. The molecule has 23 nitrogen and oxygen atoms in total. The Kier molecular flexibility index (Phi) is 28.0. The summed E-state index contributed by atoms with van der Waals surface area (Å²) in [7, 11) is 2.44. The number of methoxy groups -OCH3 is 2. The van der Waals surface area contributed by atoms with Gasteiger partial charge in [0, 0.05) is 47.5 Å². The SMILES string of the molecule is COCC(=O)N(CC(O)CN(C(=O)COC)c1c(I)c(C(=O)NCC(O)CO)c(I)c(C(=O)NCC(O)CO)c1I)c1c(I)c(C(=O)NCC(O)CO)c(I)c(C(=O)NCC(O)CO)c1I. The van der Waals surface area contributed by atoms with Gasteiger partial charge < -0.3 is 86.5 Å². The first kappa shape index (κ1) is 61.3. The molecule has 0 radical (unpaired) electrons. The maximum Gasteiger partial charge on any atom is 0.253 e. The van der Waals surface area contributed by atoms with Gasteiger partial charge in [0.1, 0.15) is 13.2 Å². The van der Waals surface area contributed by atoms with Crippen molar-refractivity contribution in [2.24, 2.45) is 0 Å². The van der Waals surface area contributed by atoms with E-state index in [1.54, 1.807) is 136 Å². The third-order valence-electron chi connectivity index (χ3n) is 8.80. The number of aliphatic hydroxyl groups excluding tert-OH is 9. The maximum atomic E-state index is 14.1. The standard InChI is InChI=1S/C37H48I6N6O17/c1-65-13-20(59)48(32-28(40)22(34(61)44-3-15(54)9-50)26(38)23(29(32)41)35(62)45-4-16(55)10-51)7-19(58)8-49(21(60)14-66-2)33-30(42)24(36(63)46-5-17(56)11-52)27(39)25(31(33)43)37(64)47-6-18(57)12-53/h15-19,50-58H,3-14H2,1-2H3,(H,44,61)(H,45,62)(H,46,63)(H,47,64). The highest BCUT2D eigenvalue weighted by molar-refractivity contribution is 14.1. The Labute approximate surface area is 459 Å². The zero-order valence-electron chi connectivity index (χ0n) is 34.8. The van der Waals surface area contributed by atoms with Crippen LogP contribution in [0.2, 0.25) is 0 Å². The van der Waals surface area contributed by atoms with Gasteiger partial charge in [-0.05, 0) is 136 Å². The number of benzene rings is 2. The van der Waals surface area contributed by atoms with Crippen LogP contribution in [0.15, 0.2) is 0 Å². The summed E-state index contributed by atoms with van der Waals surface area (Å²) < 4.78 is 10.7. The van der Waals surface area contributed by atoms with E-state index in [1.807, 2.05) is 0 Å². The molecular weight excluding hydrogens is 1560 g/mol. The fourth-order valence-electron chi connectivity index (χ4n) is 5.54. The number of aliphatic hydroxyl groups is 9. The number of hydrogen-bond acceptors (Lipinski definition) is 17. The van der Waals surface area contributed by atoms with Crippen molar-refractivity contribution in [2.75, 3.05) is 103 Å². The second-order valence-corrected chi connectivity index (χ2v) is 20.3. The van der Waals surface area contributed by atoms with Gasteiger partial charge in [0.2, 0.25) is 0 Å². The van der Waals surface area contributed by atoms with E-state index in [9.17, 15) is 74.7 Å². The van der Waals surface area contributed by atoms with Crippen molar-refractivity contribution in [1.82, 2.24) is 21.3 Å². The minimum absolute atomic E-state index is 0.0624. The smallest absolute Gasteiger partial charge is 0.253 e. The summed E-state index contributed by atoms with van der Waals surface area (Å²) in [6, 6.07) is 0. The van der Waals surface area contributed by atoms with Crippen LogP contribution >= 0.6 is 136 Å². The summed E-state index contributed by atoms with van der Waals surface area (Å²) in [4.78, 5) is 85.4. The van der Waals surface area contributed by atoms with Crippen LogP contribution < -0.4 is 31.1 Å². The molecule has 6 amide bonds. The first-order valence-corrected chi connectivity index (χ1v) is 25.5. The first-order valence-electron chi connectivity index (χ1n) is 19.0. The molecule has 0 aliphatic carbocycles. The number of rotatable bonds is 26. The van der Waals surface area contributed by atoms with E-state index in [2.05, 4.69) is 21.3 Å². The fraction of sp³-hybridized carbons (Fsp3) is 0.514. The maximum absolute atomic E-state index is 14.1. The molecule has 0 aromatic heterocycles. The molecule has 0 saturated heterocycles. The number of halogens is 6. The van der Waals surface area contributed by atoms with E-state index in [0.29, 0.717) is 0 Å². The van der Waals surface area contributed by atoms with Gasteiger partial charge in [0.15, 0.2) is 0 Å². The van der Waals surface area contributed by atoms with Crippen LogP contribution in [0, 0.1) is 21.4 Å². The molecule has 370 valence electrons. The van der Waals surface area contributed by atoms with Gasteiger partial charge in [-0.1, -0.05) is 0 Å². The zero-order valence-corrected chi connectivity index (χ0v) is 47.8. The van der Waals surface area contributed by atoms with Crippen LogP contribution in [0.5, 0.6) is 0 Å². The summed E-state index contributed by atoms with van der Waals surface area (Å²) in [5, 5.41) is 99.3. The summed E-state index contributed by atoms with van der Waals surface area (Å²) in [5.41, 5.74) is -0.820. The normalized spacial score (nSPS) is 13.5. The Bertz CT molecular complexity index is 1830. The Balaban J connectivity index is 2.98. The molecule has 0 heterocycles. The molecule has 0 fully saturated rings. The molecular formula is C37H48I6N6O17. The lowest BCUT2D eigenvalue weighted by Crippen LogP contribution is -2.48. The topological polar surface area (TPSA) is 358 Å². The second-order valence-electron chi connectivity index (χ2n) is 13.8. The van der Waals surface area contributed by atoms with Crippen LogP contribution in [0.25, 0.3) is 0 Å². The lowest BCUT2D eigenvalue weighted by molar-refractivity contribution is -0.122. The molecule has 4 atom stereocenters. The van der Waals surface area contributed by atoms with Gasteiger partial charge in [-0.15, -0.1) is 0 Å². The third-order valence-corrected chi connectivity index (χ3v) is 15.2. The Morgan fingerprint density at radius 1 is 0.439 bits per heavy atom. The van der Waals surface area contributed by atoms with Crippen LogP contribution in [0.3, 0.4) is 0 Å². The van der Waals surface area contributed by atoms with Gasteiger partial charge in [-0.2, -0.15) is 0 Å². The Hall–Kier alpha value is -0.800. The molecule has 66 heavy (non-hydrogen) atoms. The van der Waals surface area contributed by atoms with Crippen molar-refractivity contribution in [3.05, 3.63) is 43.7 Å². The van der Waals surface area contributed by atoms with Gasteiger partial charge in [-0.3, -0.25) is 28.8 Å². The molecule has 4 unspecified atom stereocenters. The first-order chi connectivity index (χ1) is 31.1. The van der Waals surface area contributed by atoms with Crippen molar-refractivity contribution >= 4 is 182 Å². The average molecular weight is 1610 g/mol. The summed E-state index contributed by atoms with van der Waals surface area (Å²) in [5.74, 6) is -4.97. The number of anilines is 2. The summed E-state index contributed by atoms with van der Waals surface area (Å²) >= 11 is 10.5. The molecule has 29 heteroatoms. The van der Waals surface area contributed by atoms with Crippen molar-refractivity contribution in [1.29, 1.82) is 0 Å². The molecule has 0 saturated carbocycles. The predicted octanol–water partition coefficient (Wildman–Crippen LogP) is -2.33. The van der Waals surface area contributed by atoms with Crippen LogP contribution in [-0.4, -0.2) is 205 Å². The van der Waals surface area contributed by atoms with E-state index in [-0.39, 0.29) is 55.0 Å². The zero-order chi connectivity index (χ0) is 50.2. The van der Waals surface area contributed by atoms with Crippen molar-refractivity contribution in [2.45, 2.75) is 30.5 Å². The third kappa shape index (κ3) is 16.6. The molecule has 2 aromatic rings. The fourth-order valence-corrected chi connectivity index (χ4v) is 15.0. The molecule has 2 aromatic carbocycles. The molecule has 0 aliphatic rings. The number of nitrogens with one attached hydrogen (secondary N) is 4. The molecule has 0 bridgehead atoms. The number of nitrogens with zero attached hydrogens (tertiary/aromatic N) is 2. The van der Waals surface area contributed by atoms with Crippen LogP contribution in [0.4, 0.5) is 11.4 Å². The van der Waals surface area contributed by atoms with Gasteiger partial charge in [0.05, 0.1) is 118 Å². The van der Waals surface area contributed by atoms with Crippen molar-refractivity contribution in [3.8, 4) is 0 Å². The van der Waals surface area contributed by atoms with E-state index in [0.717, 1.165) is 9.80 Å². The van der Waals surface area contributed by atoms with E-state index in [1.165, 1.54) is 14.2 Å². The second kappa shape index (κ2) is 30.2. The predicted molar refractivity (Wildman–Crippen MR) is 285 cm³/mol. The highest BCUT2D eigenvalue weighted by atomic mass is 127. The summed E-state index contributed by atoms with van der Waals surface area (Å²) in [6.07, 6.45) is -7.17. The van der Waals surface area contributed by atoms with Crippen LogP contribution in [-0.2, 0) is 19.1 Å². The highest BCUT2D eigenvalue weighted by Gasteiger charge is 2.36. The summed E-state index contributed by atoms with van der Waals surface area (Å²) in [6.45, 7) is -6.99. The van der Waals surface area contributed by atoms with Crippen molar-refractivity contribution < 1.29 is 84.2 Å². The van der Waals surface area contributed by atoms with Crippen molar-refractivity contribution in [3.63, 3.8) is 0 Å². The number of ether oxygens (including phenoxy) is 2. The molecule has 13 N–H and O–H groups in total. The number of carbonyl (C=O) groups excluding carboxylic acids is 6. The van der Waals surface area contributed by atoms with Crippen LogP contribution in [0.1, 0.15) is 41.4 Å². The minimum Gasteiger partial charge on any atom is -0.394 e. The van der Waals surface area contributed by atoms with E-state index >= 15 is 0 Å². The molecule has 2 rings (SSSR count). The van der Waals surface area contributed by atoms with Gasteiger partial charge in [-0.25, -0.2) is 0 Å². The average Bonchev–Trinajstić information content (AvgIpc) is 3.27. The highest BCUT2D eigenvalue weighted by Crippen LogP contribution is 2.40. The number of amides is 6. The van der Waals surface area contributed by atoms with Gasteiger partial charge >= 0.3 is 0 Å². The van der Waals surface area contributed by atoms with Gasteiger partial charge in [0.25, 0.3) is 35.4 Å². The molecule has 0 aliphatic heterocycles. The largest absolute Gasteiger partial charge is 0.394 e. The Morgan fingerprint density at radius 2 is 0.667 bits per heavy atom. The number of hydrogen-bond donors (Lipinski definition) is 13. The number of carbonyl (C=O) groups is 6. The Morgan fingerprint density at radius 3 is 0.864 bits per heavy atom. The molecule has 0 spiro atoms. The minimum atomic E-state index is -1.73. The quantitative estimate of drug-likeness (QED) is 0.0439. The monoisotopic (exact) mass is 1610 g/mol.